The maximum atomic E-state index is 7.69. The highest BCUT2D eigenvalue weighted by molar-refractivity contribution is 5.21. The van der Waals surface area contributed by atoms with E-state index in [0.29, 0.717) is 17.3 Å². The van der Waals surface area contributed by atoms with Gasteiger partial charge in [-0.3, -0.25) is 0 Å². The van der Waals surface area contributed by atoms with Gasteiger partial charge in [-0.05, 0) is 48.9 Å². The van der Waals surface area contributed by atoms with Crippen LogP contribution in [0.3, 0.4) is 0 Å². The largest absolute Gasteiger partial charge is 0.310 e. The highest BCUT2D eigenvalue weighted by Crippen LogP contribution is 2.69. The van der Waals surface area contributed by atoms with Crippen LogP contribution >= 0.6 is 0 Å². The van der Waals surface area contributed by atoms with Gasteiger partial charge >= 0.3 is 0 Å². The molecule has 0 aromatic heterocycles. The van der Waals surface area contributed by atoms with Crippen LogP contribution in [0.5, 0.6) is 0 Å². The summed E-state index contributed by atoms with van der Waals surface area (Å²) in [5.41, 5.74) is 0.464. The Labute approximate surface area is 106 Å². The molecule has 0 aromatic rings. The first-order valence-corrected chi connectivity index (χ1v) is 7.29. The minimum Gasteiger partial charge on any atom is -0.310 e. The zero-order chi connectivity index (χ0) is 12.4. The van der Waals surface area contributed by atoms with Crippen molar-refractivity contribution in [3.05, 3.63) is 11.4 Å². The Morgan fingerprint density at radius 1 is 1.18 bits per heavy atom. The molecular formula is C16H25N. The van der Waals surface area contributed by atoms with Crippen molar-refractivity contribution in [2.24, 2.45) is 35.0 Å². The lowest BCUT2D eigenvalue weighted by Gasteiger charge is -2.47. The van der Waals surface area contributed by atoms with Crippen LogP contribution in [-0.4, -0.2) is 5.54 Å². The van der Waals surface area contributed by atoms with Gasteiger partial charge in [0, 0.05) is 18.8 Å². The quantitative estimate of drug-likeness (QED) is 0.589. The number of rotatable bonds is 1. The van der Waals surface area contributed by atoms with Crippen LogP contribution in [0.4, 0.5) is 0 Å². The number of nitrogens with zero attached hydrogens (tertiary/aromatic N) is 1. The van der Waals surface area contributed by atoms with E-state index in [1.54, 1.807) is 0 Å². The first-order valence-electron chi connectivity index (χ1n) is 7.29. The minimum absolute atomic E-state index is 0.0346. The van der Waals surface area contributed by atoms with Crippen LogP contribution in [0.1, 0.15) is 53.4 Å². The number of fused-ring (bicyclic) bond motifs is 2. The van der Waals surface area contributed by atoms with Crippen molar-refractivity contribution in [1.29, 1.82) is 0 Å². The molecule has 3 rings (SSSR count). The molecule has 0 heterocycles. The van der Waals surface area contributed by atoms with Gasteiger partial charge < -0.3 is 4.85 Å². The second kappa shape index (κ2) is 3.28. The van der Waals surface area contributed by atoms with E-state index in [4.69, 9.17) is 6.57 Å². The van der Waals surface area contributed by atoms with Crippen molar-refractivity contribution in [2.45, 2.75) is 58.9 Å². The molecule has 3 aliphatic rings. The summed E-state index contributed by atoms with van der Waals surface area (Å²) in [7, 11) is 0. The Morgan fingerprint density at radius 3 is 2.47 bits per heavy atom. The van der Waals surface area contributed by atoms with Crippen molar-refractivity contribution >= 4 is 0 Å². The topological polar surface area (TPSA) is 4.36 Å². The van der Waals surface area contributed by atoms with Crippen molar-refractivity contribution in [3.63, 3.8) is 0 Å². The molecule has 0 aliphatic heterocycles. The van der Waals surface area contributed by atoms with E-state index in [1.807, 2.05) is 0 Å². The van der Waals surface area contributed by atoms with Gasteiger partial charge in [0.1, 0.15) is 0 Å². The standard InChI is InChI=1S/C16H25N/c1-10(2)13-7-14-15(3)8-11(13)6-12(9-15)16(14,4)17-5/h10-14H,6-9H2,1-4H3/t11?,12?,13-,14?,15?,16+/m0/s1. The summed E-state index contributed by atoms with van der Waals surface area (Å²) >= 11 is 0. The van der Waals surface area contributed by atoms with Gasteiger partial charge in [-0.2, -0.15) is 0 Å². The predicted molar refractivity (Wildman–Crippen MR) is 70.4 cm³/mol. The second-order valence-electron chi connectivity index (χ2n) is 7.79. The lowest BCUT2D eigenvalue weighted by molar-refractivity contribution is 0.0118. The van der Waals surface area contributed by atoms with Crippen LogP contribution in [0.2, 0.25) is 0 Å². The summed E-state index contributed by atoms with van der Waals surface area (Å²) in [6.07, 6.45) is 5.40. The van der Waals surface area contributed by atoms with Gasteiger partial charge in [-0.25, -0.2) is 6.57 Å². The van der Waals surface area contributed by atoms with Crippen molar-refractivity contribution in [1.82, 2.24) is 0 Å². The number of hydrogen-bond acceptors (Lipinski definition) is 0. The van der Waals surface area contributed by atoms with E-state index >= 15 is 0 Å². The highest BCUT2D eigenvalue weighted by atomic mass is 14.9. The normalized spacial score (nSPS) is 56.2. The third-order valence-electron chi connectivity index (χ3n) is 6.61. The molecule has 1 nitrogen and oxygen atoms in total. The fourth-order valence-electron chi connectivity index (χ4n) is 5.80. The zero-order valence-electron chi connectivity index (χ0n) is 11.7. The van der Waals surface area contributed by atoms with Gasteiger partial charge in [0.25, 0.3) is 0 Å². The maximum absolute atomic E-state index is 7.69. The monoisotopic (exact) mass is 231 g/mol. The molecule has 0 aromatic carbocycles. The lowest BCUT2D eigenvalue weighted by Crippen LogP contribution is -2.42. The minimum atomic E-state index is -0.0346. The third-order valence-corrected chi connectivity index (χ3v) is 6.61. The van der Waals surface area contributed by atoms with Gasteiger partial charge in [0.15, 0.2) is 0 Å². The van der Waals surface area contributed by atoms with Crippen molar-refractivity contribution in [2.75, 3.05) is 0 Å². The van der Waals surface area contributed by atoms with Crippen molar-refractivity contribution < 1.29 is 0 Å². The Morgan fingerprint density at radius 2 is 1.88 bits per heavy atom. The van der Waals surface area contributed by atoms with Crippen LogP contribution in [0.25, 0.3) is 4.85 Å². The Balaban J connectivity index is 2.03. The van der Waals surface area contributed by atoms with E-state index in [-0.39, 0.29) is 5.54 Å². The molecule has 94 valence electrons. The molecule has 3 fully saturated rings. The summed E-state index contributed by atoms with van der Waals surface area (Å²) in [5, 5.41) is 0. The molecule has 3 aliphatic carbocycles. The molecule has 3 bridgehead atoms. The summed E-state index contributed by atoms with van der Waals surface area (Å²) in [5.74, 6) is 3.97. The van der Waals surface area contributed by atoms with Gasteiger partial charge in [0.05, 0.1) is 0 Å². The Hall–Kier alpha value is -0.510. The molecule has 0 saturated heterocycles. The van der Waals surface area contributed by atoms with Gasteiger partial charge in [0.2, 0.25) is 5.54 Å². The van der Waals surface area contributed by atoms with E-state index in [2.05, 4.69) is 32.5 Å². The van der Waals surface area contributed by atoms with Crippen molar-refractivity contribution in [3.8, 4) is 0 Å². The maximum Gasteiger partial charge on any atom is 0.235 e. The SMILES string of the molecule is [C-]#[N+][C@]1(C)C2CC3CC(C)(C2)C1C[C@H]3C(C)C. The van der Waals surface area contributed by atoms with Crippen LogP contribution in [0, 0.1) is 41.6 Å². The molecule has 1 heteroatoms. The fraction of sp³-hybridized carbons (Fsp3) is 0.938. The first-order chi connectivity index (χ1) is 7.90. The van der Waals surface area contributed by atoms with E-state index < -0.39 is 0 Å². The average Bonchev–Trinajstić information content (AvgIpc) is 2.35. The smallest absolute Gasteiger partial charge is 0.235 e. The van der Waals surface area contributed by atoms with Crippen LogP contribution < -0.4 is 0 Å². The van der Waals surface area contributed by atoms with E-state index in [9.17, 15) is 0 Å². The van der Waals surface area contributed by atoms with E-state index in [1.165, 1.54) is 25.7 Å². The molecule has 0 radical (unpaired) electrons. The average molecular weight is 231 g/mol. The molecule has 0 N–H and O–H groups in total. The zero-order valence-corrected chi connectivity index (χ0v) is 11.7. The lowest BCUT2D eigenvalue weighted by atomic mass is 9.56. The Kier molecular flexibility index (Phi) is 2.23. The Bertz CT molecular complexity index is 379. The summed E-state index contributed by atoms with van der Waals surface area (Å²) in [6.45, 7) is 17.2. The fourth-order valence-corrected chi connectivity index (χ4v) is 5.80. The molecule has 6 atom stereocenters. The molecule has 17 heavy (non-hydrogen) atoms. The van der Waals surface area contributed by atoms with Gasteiger partial charge in [-0.15, -0.1) is 0 Å². The molecule has 4 unspecified atom stereocenters. The second-order valence-corrected chi connectivity index (χ2v) is 7.79. The van der Waals surface area contributed by atoms with Crippen LogP contribution in [-0.2, 0) is 0 Å². The third kappa shape index (κ3) is 1.30. The van der Waals surface area contributed by atoms with Gasteiger partial charge in [-0.1, -0.05) is 20.8 Å². The van der Waals surface area contributed by atoms with E-state index in [0.717, 1.165) is 17.8 Å². The predicted octanol–water partition coefficient (Wildman–Crippen LogP) is 4.39. The number of hydrogen-bond donors (Lipinski definition) is 0. The molecule has 0 spiro atoms. The summed E-state index contributed by atoms with van der Waals surface area (Å²) < 4.78 is 0. The summed E-state index contributed by atoms with van der Waals surface area (Å²) in [6, 6.07) is 0. The first kappa shape index (κ1) is 11.6. The molecular weight excluding hydrogens is 206 g/mol. The summed E-state index contributed by atoms with van der Waals surface area (Å²) in [4.78, 5) is 4.13. The molecule has 0 amide bonds. The van der Waals surface area contributed by atoms with Crippen LogP contribution in [0.15, 0.2) is 0 Å². The molecule has 3 saturated carbocycles. The highest BCUT2D eigenvalue weighted by Gasteiger charge is 2.69.